The van der Waals surface area contributed by atoms with Gasteiger partial charge < -0.3 is 15.0 Å². The number of rotatable bonds is 4. The molecule has 1 saturated heterocycles. The molecule has 0 spiro atoms. The monoisotopic (exact) mass is 374 g/mol. The van der Waals surface area contributed by atoms with Gasteiger partial charge in [0.25, 0.3) is 5.56 Å². The number of imidazole rings is 1. The fourth-order valence-corrected chi connectivity index (χ4v) is 3.45. The van der Waals surface area contributed by atoms with Crippen molar-refractivity contribution in [1.29, 1.82) is 0 Å². The average Bonchev–Trinajstić information content (AvgIpc) is 3.35. The van der Waals surface area contributed by atoms with E-state index in [-0.39, 0.29) is 17.6 Å². The molecule has 8 heteroatoms. The van der Waals surface area contributed by atoms with Crippen LogP contribution in [0.5, 0.6) is 0 Å². The number of benzene rings is 1. The molecular weight excluding hydrogens is 356 g/mol. The minimum atomic E-state index is -0.239. The Morgan fingerprint density at radius 1 is 1.11 bits per heavy atom. The Kier molecular flexibility index (Phi) is 4.10. The van der Waals surface area contributed by atoms with E-state index in [0.717, 1.165) is 16.6 Å². The molecule has 0 aliphatic carbocycles. The van der Waals surface area contributed by atoms with E-state index in [1.807, 2.05) is 36.4 Å². The lowest BCUT2D eigenvalue weighted by atomic mass is 10.1. The highest BCUT2D eigenvalue weighted by Crippen LogP contribution is 2.23. The number of H-pyrrole nitrogens is 1. The van der Waals surface area contributed by atoms with Crippen LogP contribution >= 0.6 is 0 Å². The van der Waals surface area contributed by atoms with Crippen LogP contribution in [0.25, 0.3) is 22.3 Å². The molecule has 1 aromatic carbocycles. The zero-order valence-corrected chi connectivity index (χ0v) is 14.9. The predicted molar refractivity (Wildman–Crippen MR) is 105 cm³/mol. The molecule has 28 heavy (non-hydrogen) atoms. The summed E-state index contributed by atoms with van der Waals surface area (Å²) < 4.78 is 7.15. The smallest absolute Gasteiger partial charge is 0.267 e. The maximum Gasteiger partial charge on any atom is 0.267 e. The van der Waals surface area contributed by atoms with Crippen molar-refractivity contribution in [2.45, 2.75) is 12.1 Å². The molecule has 0 amide bonds. The van der Waals surface area contributed by atoms with Crippen molar-refractivity contribution in [2.24, 2.45) is 0 Å². The first-order valence-corrected chi connectivity index (χ1v) is 9.07. The number of nitrogens with one attached hydrogen (secondary N) is 2. The van der Waals surface area contributed by atoms with Crippen LogP contribution in [0, 0.1) is 0 Å². The molecule has 8 nitrogen and oxygen atoms in total. The summed E-state index contributed by atoms with van der Waals surface area (Å²) in [6, 6.07) is 14.5. The normalized spacial score (nSPS) is 19.1. The fraction of sp³-hybridized carbons (Fsp3) is 0.200. The number of aromatic nitrogens is 5. The summed E-state index contributed by atoms with van der Waals surface area (Å²) in [6.45, 7) is 0.869. The summed E-state index contributed by atoms with van der Waals surface area (Å²) in [5, 5.41) is 7.93. The first kappa shape index (κ1) is 16.6. The van der Waals surface area contributed by atoms with Crippen molar-refractivity contribution < 1.29 is 4.74 Å². The van der Waals surface area contributed by atoms with Gasteiger partial charge in [-0.25, -0.2) is 9.67 Å². The van der Waals surface area contributed by atoms with Crippen LogP contribution in [-0.2, 0) is 4.74 Å². The van der Waals surface area contributed by atoms with Gasteiger partial charge in [-0.05, 0) is 30.3 Å². The number of hydrogen-bond donors (Lipinski definition) is 2. The molecule has 5 rings (SSSR count). The molecule has 0 saturated carbocycles. The molecule has 1 aliphatic heterocycles. The zero-order chi connectivity index (χ0) is 18.9. The van der Waals surface area contributed by atoms with Crippen molar-refractivity contribution >= 4 is 17.0 Å². The number of para-hydroxylation sites is 2. The van der Waals surface area contributed by atoms with Gasteiger partial charge >= 0.3 is 0 Å². The van der Waals surface area contributed by atoms with Crippen LogP contribution in [0.4, 0.5) is 5.95 Å². The first-order chi connectivity index (χ1) is 13.8. The Balaban J connectivity index is 1.45. The van der Waals surface area contributed by atoms with Crippen LogP contribution in [0.1, 0.15) is 6.04 Å². The van der Waals surface area contributed by atoms with Gasteiger partial charge in [0.2, 0.25) is 5.95 Å². The lowest BCUT2D eigenvalue weighted by molar-refractivity contribution is 0.183. The molecule has 3 aromatic heterocycles. The number of anilines is 1. The molecule has 2 unspecified atom stereocenters. The summed E-state index contributed by atoms with van der Waals surface area (Å²) in [5.41, 5.74) is 3.22. The van der Waals surface area contributed by atoms with E-state index in [1.54, 1.807) is 18.5 Å². The maximum atomic E-state index is 12.5. The Labute approximate surface area is 160 Å². The minimum absolute atomic E-state index is 0.130. The van der Waals surface area contributed by atoms with Gasteiger partial charge in [-0.15, -0.1) is 0 Å². The lowest BCUT2D eigenvalue weighted by Gasteiger charge is -2.20. The third-order valence-electron chi connectivity index (χ3n) is 4.86. The van der Waals surface area contributed by atoms with E-state index in [9.17, 15) is 4.79 Å². The van der Waals surface area contributed by atoms with Crippen LogP contribution in [0.3, 0.4) is 0 Å². The molecule has 4 aromatic rings. The predicted octanol–water partition coefficient (Wildman–Crippen LogP) is 2.23. The Hall–Kier alpha value is -3.52. The molecule has 1 aliphatic rings. The molecule has 2 atom stereocenters. The van der Waals surface area contributed by atoms with Crippen molar-refractivity contribution in [3.63, 3.8) is 0 Å². The largest absolute Gasteiger partial charge is 0.377 e. The average molecular weight is 374 g/mol. The highest BCUT2D eigenvalue weighted by Gasteiger charge is 2.32. The molecule has 1 fully saturated rings. The van der Waals surface area contributed by atoms with Crippen molar-refractivity contribution in [3.05, 3.63) is 71.3 Å². The topological polar surface area (TPSA) is 97.7 Å². The van der Waals surface area contributed by atoms with E-state index >= 15 is 0 Å². The number of ether oxygens (including phenoxy) is 1. The van der Waals surface area contributed by atoms with Crippen LogP contribution in [-0.4, -0.2) is 44.0 Å². The summed E-state index contributed by atoms with van der Waals surface area (Å²) >= 11 is 0. The van der Waals surface area contributed by atoms with Gasteiger partial charge in [-0.3, -0.25) is 9.78 Å². The van der Waals surface area contributed by atoms with Gasteiger partial charge in [0.1, 0.15) is 6.04 Å². The molecule has 140 valence electrons. The molecule has 4 heterocycles. The highest BCUT2D eigenvalue weighted by molar-refractivity contribution is 5.77. The fourth-order valence-electron chi connectivity index (χ4n) is 3.45. The Bertz CT molecular complexity index is 1140. The first-order valence-electron chi connectivity index (χ1n) is 9.07. The SMILES string of the molecule is O=c1ccc(-c2cccnc2)nn1C1COCC1Nc1nc2ccccc2[nH]1. The van der Waals surface area contributed by atoms with Crippen LogP contribution in [0.2, 0.25) is 0 Å². The van der Waals surface area contributed by atoms with Gasteiger partial charge in [-0.1, -0.05) is 12.1 Å². The van der Waals surface area contributed by atoms with E-state index in [1.165, 1.54) is 10.7 Å². The number of nitrogens with zero attached hydrogens (tertiary/aromatic N) is 4. The number of pyridine rings is 1. The molecular formula is C20H18N6O2. The standard InChI is InChI=1S/C20H18N6O2/c27-19-8-7-14(13-4-3-9-21-10-13)25-26(19)18-12-28-11-17(18)24-20-22-15-5-1-2-6-16(15)23-20/h1-10,17-18H,11-12H2,(H2,22,23,24). The highest BCUT2D eigenvalue weighted by atomic mass is 16.5. The van der Waals surface area contributed by atoms with E-state index in [4.69, 9.17) is 4.74 Å². The van der Waals surface area contributed by atoms with Crippen LogP contribution < -0.4 is 10.9 Å². The van der Waals surface area contributed by atoms with Crippen molar-refractivity contribution in [1.82, 2.24) is 24.7 Å². The summed E-state index contributed by atoms with van der Waals surface area (Å²) in [6.07, 6.45) is 3.43. The lowest BCUT2D eigenvalue weighted by Crippen LogP contribution is -2.37. The summed E-state index contributed by atoms with van der Waals surface area (Å²) in [5.74, 6) is 0.651. The number of fused-ring (bicyclic) bond motifs is 1. The second kappa shape index (κ2) is 6.90. The van der Waals surface area contributed by atoms with Crippen molar-refractivity contribution in [2.75, 3.05) is 18.5 Å². The third-order valence-corrected chi connectivity index (χ3v) is 4.86. The van der Waals surface area contributed by atoms with Gasteiger partial charge in [0.05, 0.1) is 36.0 Å². The minimum Gasteiger partial charge on any atom is -0.377 e. The van der Waals surface area contributed by atoms with Gasteiger partial charge in [0, 0.05) is 24.0 Å². The van der Waals surface area contributed by atoms with Crippen LogP contribution in [0.15, 0.2) is 65.7 Å². The van der Waals surface area contributed by atoms with Gasteiger partial charge in [0.15, 0.2) is 0 Å². The third kappa shape index (κ3) is 3.03. The second-order valence-electron chi connectivity index (χ2n) is 6.70. The Morgan fingerprint density at radius 2 is 2.04 bits per heavy atom. The zero-order valence-electron chi connectivity index (χ0n) is 14.9. The summed E-state index contributed by atoms with van der Waals surface area (Å²) in [7, 11) is 0. The van der Waals surface area contributed by atoms with E-state index in [2.05, 4.69) is 25.4 Å². The van der Waals surface area contributed by atoms with E-state index in [0.29, 0.717) is 24.9 Å². The Morgan fingerprint density at radius 3 is 2.89 bits per heavy atom. The van der Waals surface area contributed by atoms with Gasteiger partial charge in [-0.2, -0.15) is 5.10 Å². The molecule has 0 radical (unpaired) electrons. The van der Waals surface area contributed by atoms with Crippen molar-refractivity contribution in [3.8, 4) is 11.3 Å². The molecule has 2 N–H and O–H groups in total. The number of aromatic amines is 1. The summed E-state index contributed by atoms with van der Waals surface area (Å²) in [4.78, 5) is 24.4. The quantitative estimate of drug-likeness (QED) is 0.569. The number of hydrogen-bond acceptors (Lipinski definition) is 6. The molecule has 0 bridgehead atoms. The maximum absolute atomic E-state index is 12.5. The van der Waals surface area contributed by atoms with E-state index < -0.39 is 0 Å². The second-order valence-corrected chi connectivity index (χ2v) is 6.70.